The first kappa shape index (κ1) is 21.2. The highest BCUT2D eigenvalue weighted by atomic mass is 35.5. The predicted molar refractivity (Wildman–Crippen MR) is 121 cm³/mol. The van der Waals surface area contributed by atoms with E-state index in [0.29, 0.717) is 23.0 Å². The van der Waals surface area contributed by atoms with E-state index in [9.17, 15) is 4.79 Å². The van der Waals surface area contributed by atoms with Crippen LogP contribution in [-0.2, 0) is 13.0 Å². The van der Waals surface area contributed by atoms with Crippen LogP contribution in [0, 0.1) is 6.92 Å². The molecule has 3 nitrogen and oxygen atoms in total. The first-order valence-electron chi connectivity index (χ1n) is 10.1. The Morgan fingerprint density at radius 1 is 1.14 bits per heavy atom. The highest BCUT2D eigenvalue weighted by Gasteiger charge is 2.14. The van der Waals surface area contributed by atoms with E-state index in [1.54, 1.807) is 12.1 Å². The molecule has 0 spiro atoms. The van der Waals surface area contributed by atoms with Gasteiger partial charge in [-0.15, -0.1) is 0 Å². The minimum atomic E-state index is -0.264. The van der Waals surface area contributed by atoms with Gasteiger partial charge in [-0.05, 0) is 42.5 Å². The third-order valence-corrected chi connectivity index (χ3v) is 5.53. The lowest BCUT2D eigenvalue weighted by molar-refractivity contribution is 0.306. The van der Waals surface area contributed by atoms with E-state index in [-0.39, 0.29) is 5.63 Å². The van der Waals surface area contributed by atoms with Gasteiger partial charge in [-0.25, -0.2) is 4.79 Å². The largest absolute Gasteiger partial charge is 0.487 e. The summed E-state index contributed by atoms with van der Waals surface area (Å²) < 4.78 is 11.5. The van der Waals surface area contributed by atoms with E-state index in [4.69, 9.17) is 20.8 Å². The number of fused-ring (bicyclic) bond motifs is 1. The first-order valence-corrected chi connectivity index (χ1v) is 10.5. The van der Waals surface area contributed by atoms with Gasteiger partial charge in [0.2, 0.25) is 0 Å². The molecule has 2 aromatic carbocycles. The number of aryl methyl sites for hydroxylation is 1. The average Bonchev–Trinajstić information content (AvgIpc) is 2.73. The highest BCUT2D eigenvalue weighted by Crippen LogP contribution is 2.32. The lowest BCUT2D eigenvalue weighted by atomic mass is 10.0. The standard InChI is InChI=1S/C25H27ClO3/c1-4-6-7-8-9-20-17(3)21-14-22(26)24(15-23(21)29-25(20)27)28-16-19-12-10-18(5-2)11-13-19/h5,10-15H,2,4,6-9,16H2,1,3H3. The Hall–Kier alpha value is -2.52. The number of rotatable bonds is 9. The summed E-state index contributed by atoms with van der Waals surface area (Å²) in [5, 5.41) is 1.37. The van der Waals surface area contributed by atoms with Crippen LogP contribution in [0.5, 0.6) is 5.75 Å². The second kappa shape index (κ2) is 9.80. The van der Waals surface area contributed by atoms with E-state index >= 15 is 0 Å². The molecule has 0 amide bonds. The van der Waals surface area contributed by atoms with Gasteiger partial charge in [0.1, 0.15) is 17.9 Å². The Balaban J connectivity index is 1.82. The van der Waals surface area contributed by atoms with Crippen LogP contribution < -0.4 is 10.4 Å². The van der Waals surface area contributed by atoms with Crippen LogP contribution in [0.25, 0.3) is 17.0 Å². The Morgan fingerprint density at radius 3 is 2.59 bits per heavy atom. The van der Waals surface area contributed by atoms with Crippen LogP contribution in [0.3, 0.4) is 0 Å². The van der Waals surface area contributed by atoms with Crippen LogP contribution >= 0.6 is 11.6 Å². The maximum Gasteiger partial charge on any atom is 0.339 e. The van der Waals surface area contributed by atoms with Gasteiger partial charge in [0, 0.05) is 17.0 Å². The summed E-state index contributed by atoms with van der Waals surface area (Å²) >= 11 is 6.47. The topological polar surface area (TPSA) is 39.4 Å². The summed E-state index contributed by atoms with van der Waals surface area (Å²) in [6.07, 6.45) is 7.00. The molecule has 0 aliphatic heterocycles. The third kappa shape index (κ3) is 5.10. The monoisotopic (exact) mass is 410 g/mol. The molecule has 0 aliphatic rings. The molecule has 0 atom stereocenters. The molecule has 29 heavy (non-hydrogen) atoms. The smallest absolute Gasteiger partial charge is 0.339 e. The van der Waals surface area contributed by atoms with Crippen molar-refractivity contribution in [2.75, 3.05) is 0 Å². The third-order valence-electron chi connectivity index (χ3n) is 5.23. The van der Waals surface area contributed by atoms with Crippen LogP contribution in [0.15, 0.2) is 52.2 Å². The molecule has 3 rings (SSSR count). The van der Waals surface area contributed by atoms with Crippen molar-refractivity contribution in [3.05, 3.63) is 80.7 Å². The number of halogens is 1. The fourth-order valence-corrected chi connectivity index (χ4v) is 3.65. The fraction of sp³-hybridized carbons (Fsp3) is 0.320. The average molecular weight is 411 g/mol. The second-order valence-corrected chi connectivity index (χ2v) is 7.72. The van der Waals surface area contributed by atoms with Crippen molar-refractivity contribution in [1.29, 1.82) is 0 Å². The summed E-state index contributed by atoms with van der Waals surface area (Å²) in [4.78, 5) is 12.5. The van der Waals surface area contributed by atoms with Crippen molar-refractivity contribution in [3.8, 4) is 5.75 Å². The fourth-order valence-electron chi connectivity index (χ4n) is 3.43. The molecule has 0 fully saturated rings. The quantitative estimate of drug-likeness (QED) is 0.279. The molecule has 1 heterocycles. The molecule has 0 aliphatic carbocycles. The molecule has 152 valence electrons. The molecule has 0 saturated heterocycles. The Bertz CT molecular complexity index is 1050. The van der Waals surface area contributed by atoms with Gasteiger partial charge in [-0.3, -0.25) is 0 Å². The van der Waals surface area contributed by atoms with Gasteiger partial charge in [0.05, 0.1) is 5.02 Å². The highest BCUT2D eigenvalue weighted by molar-refractivity contribution is 6.32. The minimum Gasteiger partial charge on any atom is -0.487 e. The minimum absolute atomic E-state index is 0.264. The molecule has 0 bridgehead atoms. The van der Waals surface area contributed by atoms with Gasteiger partial charge >= 0.3 is 5.63 Å². The van der Waals surface area contributed by atoms with E-state index in [0.717, 1.165) is 46.9 Å². The number of hydrogen-bond acceptors (Lipinski definition) is 3. The predicted octanol–water partition coefficient (Wildman–Crippen LogP) is 7.10. The number of unbranched alkanes of at least 4 members (excludes halogenated alkanes) is 3. The zero-order chi connectivity index (χ0) is 20.8. The van der Waals surface area contributed by atoms with Gasteiger partial charge < -0.3 is 9.15 Å². The van der Waals surface area contributed by atoms with E-state index in [1.807, 2.05) is 37.3 Å². The molecule has 0 N–H and O–H groups in total. The van der Waals surface area contributed by atoms with Crippen molar-refractivity contribution in [3.63, 3.8) is 0 Å². The maximum atomic E-state index is 12.5. The summed E-state index contributed by atoms with van der Waals surface area (Å²) in [6.45, 7) is 8.27. The summed E-state index contributed by atoms with van der Waals surface area (Å²) in [7, 11) is 0. The number of benzene rings is 2. The van der Waals surface area contributed by atoms with Crippen LogP contribution in [0.2, 0.25) is 5.02 Å². The summed E-state index contributed by atoms with van der Waals surface area (Å²) in [6, 6.07) is 11.5. The van der Waals surface area contributed by atoms with Crippen molar-refractivity contribution in [2.24, 2.45) is 0 Å². The van der Waals surface area contributed by atoms with Gasteiger partial charge in [-0.1, -0.05) is 74.7 Å². The molecule has 3 aromatic rings. The molecule has 4 heteroatoms. The second-order valence-electron chi connectivity index (χ2n) is 7.32. The molecule has 0 radical (unpaired) electrons. The zero-order valence-electron chi connectivity index (χ0n) is 17.1. The summed E-state index contributed by atoms with van der Waals surface area (Å²) in [5.41, 5.74) is 4.01. The maximum absolute atomic E-state index is 12.5. The SMILES string of the molecule is C=Cc1ccc(COc2cc3oc(=O)c(CCCCCC)c(C)c3cc2Cl)cc1. The van der Waals surface area contributed by atoms with Crippen molar-refractivity contribution in [1.82, 2.24) is 0 Å². The molecule has 0 saturated carbocycles. The van der Waals surface area contributed by atoms with E-state index in [1.165, 1.54) is 12.8 Å². The Labute approximate surface area is 177 Å². The lowest BCUT2D eigenvalue weighted by Crippen LogP contribution is -2.10. The molecular formula is C25H27ClO3. The van der Waals surface area contributed by atoms with Crippen LogP contribution in [0.4, 0.5) is 0 Å². The normalized spacial score (nSPS) is 11.0. The zero-order valence-corrected chi connectivity index (χ0v) is 17.8. The number of hydrogen-bond donors (Lipinski definition) is 0. The van der Waals surface area contributed by atoms with Crippen molar-refractivity contribution < 1.29 is 9.15 Å². The van der Waals surface area contributed by atoms with E-state index in [2.05, 4.69) is 13.5 Å². The van der Waals surface area contributed by atoms with Crippen LogP contribution in [0.1, 0.15) is 54.9 Å². The summed E-state index contributed by atoms with van der Waals surface area (Å²) in [5.74, 6) is 0.505. The van der Waals surface area contributed by atoms with Gasteiger partial charge in [0.25, 0.3) is 0 Å². The van der Waals surface area contributed by atoms with Gasteiger partial charge in [-0.2, -0.15) is 0 Å². The van der Waals surface area contributed by atoms with E-state index < -0.39 is 0 Å². The number of ether oxygens (including phenoxy) is 1. The van der Waals surface area contributed by atoms with Crippen LogP contribution in [-0.4, -0.2) is 0 Å². The lowest BCUT2D eigenvalue weighted by Gasteiger charge is -2.12. The molecule has 1 aromatic heterocycles. The van der Waals surface area contributed by atoms with Crippen molar-refractivity contribution in [2.45, 2.75) is 52.6 Å². The first-order chi connectivity index (χ1) is 14.0. The Kier molecular flexibility index (Phi) is 7.16. The molecular weight excluding hydrogens is 384 g/mol. The van der Waals surface area contributed by atoms with Gasteiger partial charge in [0.15, 0.2) is 0 Å². The molecule has 0 unspecified atom stereocenters. The van der Waals surface area contributed by atoms with Crippen molar-refractivity contribution >= 4 is 28.6 Å². The Morgan fingerprint density at radius 2 is 1.90 bits per heavy atom.